The SMILES string of the molecule is CC1=CC(C(=O)Cl)C(C)([N+](=O)[O-])C=C1. The Morgan fingerprint density at radius 2 is 2.29 bits per heavy atom. The summed E-state index contributed by atoms with van der Waals surface area (Å²) < 4.78 is 0. The van der Waals surface area contributed by atoms with Crippen LogP contribution < -0.4 is 0 Å². The standard InChI is InChI=1S/C9H10ClNO3/c1-6-3-4-9(2,11(13)14)7(5-6)8(10)12/h3-5,7H,1-2H3. The molecule has 0 bridgehead atoms. The van der Waals surface area contributed by atoms with E-state index in [9.17, 15) is 14.9 Å². The van der Waals surface area contributed by atoms with E-state index in [0.29, 0.717) is 0 Å². The first kappa shape index (κ1) is 10.9. The third-order valence-corrected chi connectivity index (χ3v) is 2.62. The predicted molar refractivity (Wildman–Crippen MR) is 52.6 cm³/mol. The molecule has 0 saturated carbocycles. The summed E-state index contributed by atoms with van der Waals surface area (Å²) in [5, 5.41) is 10.1. The number of nitrogens with zero attached hydrogens (tertiary/aromatic N) is 1. The molecule has 0 aliphatic heterocycles. The summed E-state index contributed by atoms with van der Waals surface area (Å²) in [4.78, 5) is 21.4. The van der Waals surface area contributed by atoms with E-state index >= 15 is 0 Å². The third kappa shape index (κ3) is 1.70. The van der Waals surface area contributed by atoms with Gasteiger partial charge in [0, 0.05) is 11.8 Å². The molecule has 0 N–H and O–H groups in total. The number of carbonyl (C=O) groups is 1. The van der Waals surface area contributed by atoms with Gasteiger partial charge in [-0.15, -0.1) is 0 Å². The minimum atomic E-state index is -1.42. The highest BCUT2D eigenvalue weighted by Crippen LogP contribution is 2.31. The van der Waals surface area contributed by atoms with Gasteiger partial charge in [0.1, 0.15) is 5.92 Å². The average molecular weight is 216 g/mol. The topological polar surface area (TPSA) is 60.2 Å². The molecule has 14 heavy (non-hydrogen) atoms. The fourth-order valence-corrected chi connectivity index (χ4v) is 1.64. The van der Waals surface area contributed by atoms with Gasteiger partial charge in [0.25, 0.3) is 5.54 Å². The monoisotopic (exact) mass is 215 g/mol. The molecule has 2 unspecified atom stereocenters. The Labute approximate surface area is 86.4 Å². The van der Waals surface area contributed by atoms with Gasteiger partial charge >= 0.3 is 0 Å². The van der Waals surface area contributed by atoms with Crippen molar-refractivity contribution in [3.8, 4) is 0 Å². The van der Waals surface area contributed by atoms with Crippen molar-refractivity contribution in [3.63, 3.8) is 0 Å². The first-order chi connectivity index (χ1) is 6.38. The van der Waals surface area contributed by atoms with Crippen molar-refractivity contribution in [2.75, 3.05) is 0 Å². The number of halogens is 1. The van der Waals surface area contributed by atoms with Gasteiger partial charge in [-0.3, -0.25) is 14.9 Å². The summed E-state index contributed by atoms with van der Waals surface area (Å²) in [5.41, 5.74) is -0.610. The van der Waals surface area contributed by atoms with E-state index in [1.165, 1.54) is 19.1 Å². The van der Waals surface area contributed by atoms with E-state index in [2.05, 4.69) is 0 Å². The van der Waals surface area contributed by atoms with Gasteiger partial charge in [0.2, 0.25) is 5.24 Å². The summed E-state index contributed by atoms with van der Waals surface area (Å²) in [6.07, 6.45) is 4.56. The predicted octanol–water partition coefficient (Wildman–Crippen LogP) is 1.92. The smallest absolute Gasteiger partial charge is 0.252 e. The van der Waals surface area contributed by atoms with Crippen molar-refractivity contribution in [1.82, 2.24) is 0 Å². The molecule has 1 aliphatic carbocycles. The molecule has 0 aromatic rings. The van der Waals surface area contributed by atoms with E-state index in [4.69, 9.17) is 11.6 Å². The van der Waals surface area contributed by atoms with Crippen LogP contribution in [0.1, 0.15) is 13.8 Å². The van der Waals surface area contributed by atoms with Crippen LogP contribution in [0.3, 0.4) is 0 Å². The van der Waals surface area contributed by atoms with Crippen LogP contribution >= 0.6 is 11.6 Å². The van der Waals surface area contributed by atoms with Crippen LogP contribution in [0.4, 0.5) is 0 Å². The van der Waals surface area contributed by atoms with Crippen molar-refractivity contribution < 1.29 is 9.72 Å². The molecule has 5 heteroatoms. The van der Waals surface area contributed by atoms with Gasteiger partial charge in [0.05, 0.1) is 0 Å². The Bertz CT molecular complexity index is 348. The van der Waals surface area contributed by atoms with Gasteiger partial charge < -0.3 is 0 Å². The normalized spacial score (nSPS) is 31.1. The first-order valence-corrected chi connectivity index (χ1v) is 4.47. The van der Waals surface area contributed by atoms with Crippen molar-refractivity contribution >= 4 is 16.8 Å². The molecule has 0 fully saturated rings. The lowest BCUT2D eigenvalue weighted by molar-refractivity contribution is -0.555. The maximum atomic E-state index is 11.0. The lowest BCUT2D eigenvalue weighted by Gasteiger charge is -2.25. The zero-order valence-corrected chi connectivity index (χ0v) is 8.62. The lowest BCUT2D eigenvalue weighted by atomic mass is 9.81. The summed E-state index contributed by atoms with van der Waals surface area (Å²) in [7, 11) is 0. The van der Waals surface area contributed by atoms with Crippen LogP contribution in [0.5, 0.6) is 0 Å². The second kappa shape index (κ2) is 3.53. The fraction of sp³-hybridized carbons (Fsp3) is 0.444. The van der Waals surface area contributed by atoms with Crippen LogP contribution in [0.15, 0.2) is 23.8 Å². The average Bonchev–Trinajstić information content (AvgIpc) is 2.08. The van der Waals surface area contributed by atoms with Crippen LogP contribution in [0.2, 0.25) is 0 Å². The molecule has 0 radical (unpaired) electrons. The largest absolute Gasteiger partial charge is 0.280 e. The number of allylic oxidation sites excluding steroid dienone is 2. The molecule has 2 atom stereocenters. The highest BCUT2D eigenvalue weighted by atomic mass is 35.5. The number of hydrogen-bond donors (Lipinski definition) is 0. The number of nitro groups is 1. The van der Waals surface area contributed by atoms with Gasteiger partial charge in [-0.1, -0.05) is 17.7 Å². The van der Waals surface area contributed by atoms with E-state index < -0.39 is 21.6 Å². The highest BCUT2D eigenvalue weighted by molar-refractivity contribution is 6.64. The Hall–Kier alpha value is -1.16. The summed E-state index contributed by atoms with van der Waals surface area (Å²) in [6, 6.07) is 0. The summed E-state index contributed by atoms with van der Waals surface area (Å²) >= 11 is 5.33. The van der Waals surface area contributed by atoms with Crippen LogP contribution in [0.25, 0.3) is 0 Å². The minimum absolute atomic E-state index is 0.489. The summed E-state index contributed by atoms with van der Waals surface area (Å²) in [6.45, 7) is 3.15. The molecular weight excluding hydrogens is 206 g/mol. The van der Waals surface area contributed by atoms with Crippen molar-refractivity contribution in [2.24, 2.45) is 5.92 Å². The Kier molecular flexibility index (Phi) is 2.76. The van der Waals surface area contributed by atoms with Crippen molar-refractivity contribution in [1.29, 1.82) is 0 Å². The molecule has 4 nitrogen and oxygen atoms in total. The van der Waals surface area contributed by atoms with E-state index in [-0.39, 0.29) is 0 Å². The maximum Gasteiger partial charge on any atom is 0.252 e. The van der Waals surface area contributed by atoms with E-state index in [1.807, 2.05) is 0 Å². The van der Waals surface area contributed by atoms with E-state index in [0.717, 1.165) is 5.57 Å². The van der Waals surface area contributed by atoms with Crippen LogP contribution in [-0.4, -0.2) is 15.7 Å². The van der Waals surface area contributed by atoms with E-state index in [1.54, 1.807) is 13.0 Å². The third-order valence-electron chi connectivity index (χ3n) is 2.38. The lowest BCUT2D eigenvalue weighted by Crippen LogP contribution is -2.44. The Morgan fingerprint density at radius 3 is 2.71 bits per heavy atom. The zero-order chi connectivity index (χ0) is 10.9. The maximum absolute atomic E-state index is 11.0. The minimum Gasteiger partial charge on any atom is -0.280 e. The summed E-state index contributed by atoms with van der Waals surface area (Å²) in [5.74, 6) is -0.885. The van der Waals surface area contributed by atoms with Crippen molar-refractivity contribution in [3.05, 3.63) is 33.9 Å². The van der Waals surface area contributed by atoms with Gasteiger partial charge in [-0.2, -0.15) is 0 Å². The molecule has 76 valence electrons. The molecule has 1 aliphatic rings. The molecule has 0 heterocycles. The fourth-order valence-electron chi connectivity index (χ4n) is 1.36. The van der Waals surface area contributed by atoms with Crippen LogP contribution in [-0.2, 0) is 4.79 Å². The molecule has 0 aromatic heterocycles. The zero-order valence-electron chi connectivity index (χ0n) is 7.86. The number of rotatable bonds is 2. The van der Waals surface area contributed by atoms with Crippen molar-refractivity contribution in [2.45, 2.75) is 19.4 Å². The van der Waals surface area contributed by atoms with Crippen LogP contribution in [0, 0.1) is 16.0 Å². The second-order valence-electron chi connectivity index (χ2n) is 3.51. The molecular formula is C9H10ClNO3. The molecule has 0 saturated heterocycles. The second-order valence-corrected chi connectivity index (χ2v) is 3.88. The highest BCUT2D eigenvalue weighted by Gasteiger charge is 2.47. The molecule has 0 aromatic carbocycles. The quantitative estimate of drug-likeness (QED) is 0.402. The van der Waals surface area contributed by atoms with Gasteiger partial charge in [-0.25, -0.2) is 0 Å². The Balaban J connectivity index is 3.15. The number of hydrogen-bond acceptors (Lipinski definition) is 3. The molecule has 0 amide bonds. The first-order valence-electron chi connectivity index (χ1n) is 4.09. The molecule has 0 spiro atoms. The van der Waals surface area contributed by atoms with Gasteiger partial charge in [0.15, 0.2) is 0 Å². The number of carbonyl (C=O) groups excluding carboxylic acids is 1. The molecule has 1 rings (SSSR count). The van der Waals surface area contributed by atoms with Gasteiger partial charge in [-0.05, 0) is 24.6 Å². The Morgan fingerprint density at radius 1 is 1.71 bits per heavy atom.